The van der Waals surface area contributed by atoms with Crippen LogP contribution in [0.25, 0.3) is 0 Å². The average molecular weight is 444 g/mol. The van der Waals surface area contributed by atoms with Crippen LogP contribution in [0.3, 0.4) is 0 Å². The van der Waals surface area contributed by atoms with Gasteiger partial charge in [0.15, 0.2) is 15.0 Å². The van der Waals surface area contributed by atoms with Gasteiger partial charge in [0, 0.05) is 35.3 Å². The Balaban J connectivity index is 1.69. The van der Waals surface area contributed by atoms with E-state index in [0.717, 1.165) is 24.5 Å². The van der Waals surface area contributed by atoms with Crippen molar-refractivity contribution in [3.63, 3.8) is 0 Å². The molecule has 0 aromatic heterocycles. The van der Waals surface area contributed by atoms with Crippen LogP contribution in [0.4, 0.5) is 11.4 Å². The summed E-state index contributed by atoms with van der Waals surface area (Å²) in [5, 5.41) is 0.462. The first-order chi connectivity index (χ1) is 14.4. The van der Waals surface area contributed by atoms with E-state index in [9.17, 15) is 13.2 Å². The van der Waals surface area contributed by atoms with E-state index < -0.39 is 9.84 Å². The van der Waals surface area contributed by atoms with Gasteiger partial charge in [-0.3, -0.25) is 4.79 Å². The molecule has 0 radical (unpaired) electrons. The van der Waals surface area contributed by atoms with Crippen LogP contribution in [0.2, 0.25) is 0 Å². The quantitative estimate of drug-likeness (QED) is 0.705. The third-order valence-corrected chi connectivity index (χ3v) is 8.75. The van der Waals surface area contributed by atoms with Crippen molar-refractivity contribution in [1.29, 1.82) is 0 Å². The van der Waals surface area contributed by atoms with Crippen LogP contribution >= 0.6 is 11.8 Å². The first kappa shape index (κ1) is 20.9. The predicted octanol–water partition coefficient (Wildman–Crippen LogP) is 3.45. The number of aliphatic imine (C=N–C) groups is 1. The lowest BCUT2D eigenvalue weighted by atomic mass is 10.2. The fraction of sp³-hybridized carbons (Fsp3) is 0.364. The fourth-order valence-corrected chi connectivity index (χ4v) is 7.92. The maximum Gasteiger partial charge on any atom is 0.279 e. The number of hydrogen-bond acceptors (Lipinski definition) is 5. The second kappa shape index (κ2) is 8.43. The van der Waals surface area contributed by atoms with Crippen LogP contribution in [0.5, 0.6) is 0 Å². The summed E-state index contributed by atoms with van der Waals surface area (Å²) in [4.78, 5) is 21.3. The van der Waals surface area contributed by atoms with Gasteiger partial charge in [0.1, 0.15) is 0 Å². The van der Waals surface area contributed by atoms with Crippen LogP contribution in [0.1, 0.15) is 24.2 Å². The molecule has 2 aromatic carbocycles. The zero-order chi connectivity index (χ0) is 21.3. The zero-order valence-corrected chi connectivity index (χ0v) is 18.7. The Morgan fingerprint density at radius 1 is 1.07 bits per heavy atom. The normalized spacial score (nSPS) is 23.5. The van der Waals surface area contributed by atoms with Crippen molar-refractivity contribution in [2.24, 2.45) is 4.99 Å². The van der Waals surface area contributed by atoms with Crippen molar-refractivity contribution >= 4 is 44.0 Å². The van der Waals surface area contributed by atoms with E-state index in [0.29, 0.717) is 10.7 Å². The molecule has 2 fully saturated rings. The molecule has 1 amide bonds. The molecule has 0 unspecified atom stereocenters. The van der Waals surface area contributed by atoms with Crippen molar-refractivity contribution in [2.45, 2.75) is 25.1 Å². The molecule has 2 aromatic rings. The minimum Gasteiger partial charge on any atom is -0.372 e. The Morgan fingerprint density at radius 2 is 1.73 bits per heavy atom. The summed E-state index contributed by atoms with van der Waals surface area (Å²) < 4.78 is 24.5. The molecule has 0 aliphatic carbocycles. The molecule has 2 saturated heterocycles. The van der Waals surface area contributed by atoms with Crippen molar-refractivity contribution in [3.05, 3.63) is 60.2 Å². The molecule has 0 spiro atoms. The molecule has 30 heavy (non-hydrogen) atoms. The summed E-state index contributed by atoms with van der Waals surface area (Å²) in [6.45, 7) is 6.05. The fourth-order valence-electron chi connectivity index (χ4n) is 4.01. The number of nitrogens with zero attached hydrogens (tertiary/aromatic N) is 3. The Kier molecular flexibility index (Phi) is 5.88. The molecule has 6 nitrogen and oxygen atoms in total. The van der Waals surface area contributed by atoms with E-state index in [1.807, 2.05) is 35.2 Å². The number of fused-ring (bicyclic) bond motifs is 1. The topological polar surface area (TPSA) is 70.0 Å². The van der Waals surface area contributed by atoms with Gasteiger partial charge < -0.3 is 9.80 Å². The maximum atomic E-state index is 12.7. The Bertz CT molecular complexity index is 1050. The Hall–Kier alpha value is -2.32. The predicted molar refractivity (Wildman–Crippen MR) is 125 cm³/mol. The van der Waals surface area contributed by atoms with Crippen molar-refractivity contribution in [1.82, 2.24) is 0 Å². The van der Waals surface area contributed by atoms with Gasteiger partial charge >= 0.3 is 0 Å². The molecular weight excluding hydrogens is 418 g/mol. The highest BCUT2D eigenvalue weighted by Gasteiger charge is 2.49. The molecule has 0 bridgehead atoms. The lowest BCUT2D eigenvalue weighted by Crippen LogP contribution is -2.37. The third kappa shape index (κ3) is 4.11. The average Bonchev–Trinajstić information content (AvgIpc) is 3.21. The SMILES string of the molecule is CCN(CC)c1ccc(N2C(=NC(=O)c3ccccc3)S[C@@H]3CS(=O)(=O)C[C@@H]32)cc1. The lowest BCUT2D eigenvalue weighted by molar-refractivity contribution is 0.100. The highest BCUT2D eigenvalue weighted by Crippen LogP contribution is 2.41. The molecule has 0 saturated carbocycles. The summed E-state index contributed by atoms with van der Waals surface area (Å²) in [5.74, 6) is -0.110. The van der Waals surface area contributed by atoms with E-state index in [4.69, 9.17) is 0 Å². The largest absolute Gasteiger partial charge is 0.372 e. The molecular formula is C22H25N3O3S2. The van der Waals surface area contributed by atoms with Gasteiger partial charge in [0.05, 0.1) is 17.5 Å². The Labute approximate surface area is 181 Å². The van der Waals surface area contributed by atoms with Crippen LogP contribution in [0, 0.1) is 0 Å². The van der Waals surface area contributed by atoms with E-state index in [1.54, 1.807) is 24.3 Å². The minimum absolute atomic E-state index is 0.0843. The summed E-state index contributed by atoms with van der Waals surface area (Å²) >= 11 is 1.39. The van der Waals surface area contributed by atoms with E-state index in [1.165, 1.54) is 11.8 Å². The summed E-state index contributed by atoms with van der Waals surface area (Å²) in [6.07, 6.45) is 0. The monoisotopic (exact) mass is 443 g/mol. The number of hydrogen-bond donors (Lipinski definition) is 0. The highest BCUT2D eigenvalue weighted by molar-refractivity contribution is 8.16. The van der Waals surface area contributed by atoms with Crippen LogP contribution in [-0.2, 0) is 9.84 Å². The maximum absolute atomic E-state index is 12.7. The molecule has 2 aliphatic heterocycles. The molecule has 2 atom stereocenters. The van der Waals surface area contributed by atoms with E-state index in [2.05, 4.69) is 23.7 Å². The number of amides is 1. The molecule has 8 heteroatoms. The van der Waals surface area contributed by atoms with Crippen LogP contribution in [-0.4, -0.2) is 55.4 Å². The van der Waals surface area contributed by atoms with Gasteiger partial charge in [-0.25, -0.2) is 8.42 Å². The lowest BCUT2D eigenvalue weighted by Gasteiger charge is -2.26. The first-order valence-electron chi connectivity index (χ1n) is 10.1. The number of carbonyl (C=O) groups excluding carboxylic acids is 1. The summed E-state index contributed by atoms with van der Waals surface area (Å²) in [6, 6.07) is 16.8. The first-order valence-corrected chi connectivity index (χ1v) is 12.8. The van der Waals surface area contributed by atoms with Gasteiger partial charge in [-0.05, 0) is 50.2 Å². The van der Waals surface area contributed by atoms with Crippen molar-refractivity contribution in [2.75, 3.05) is 34.4 Å². The number of benzene rings is 2. The smallest absolute Gasteiger partial charge is 0.279 e. The minimum atomic E-state index is -3.09. The van der Waals surface area contributed by atoms with Crippen LogP contribution in [0.15, 0.2) is 59.6 Å². The summed E-state index contributed by atoms with van der Waals surface area (Å²) in [5.41, 5.74) is 2.50. The molecule has 2 heterocycles. The van der Waals surface area contributed by atoms with Crippen molar-refractivity contribution < 1.29 is 13.2 Å². The standard InChI is InChI=1S/C22H25N3O3S2/c1-3-24(4-2)17-10-12-18(13-11-17)25-19-14-30(27,28)15-20(19)29-22(25)23-21(26)16-8-6-5-7-9-16/h5-13,19-20H,3-4,14-15H2,1-2H3/t19-,20+/m0/s1. The zero-order valence-electron chi connectivity index (χ0n) is 17.1. The number of carbonyl (C=O) groups is 1. The van der Waals surface area contributed by atoms with E-state index in [-0.39, 0.29) is 28.7 Å². The van der Waals surface area contributed by atoms with Gasteiger partial charge in [-0.1, -0.05) is 30.0 Å². The van der Waals surface area contributed by atoms with E-state index >= 15 is 0 Å². The number of amidine groups is 1. The van der Waals surface area contributed by atoms with Gasteiger partial charge in [-0.15, -0.1) is 0 Å². The number of anilines is 2. The highest BCUT2D eigenvalue weighted by atomic mass is 32.2. The third-order valence-electron chi connectivity index (χ3n) is 5.54. The van der Waals surface area contributed by atoms with Gasteiger partial charge in [-0.2, -0.15) is 4.99 Å². The molecule has 2 aliphatic rings. The Morgan fingerprint density at radius 3 is 2.37 bits per heavy atom. The number of rotatable bonds is 5. The number of thioether (sulfide) groups is 1. The molecule has 158 valence electrons. The molecule has 0 N–H and O–H groups in total. The van der Waals surface area contributed by atoms with Crippen LogP contribution < -0.4 is 9.80 Å². The summed E-state index contributed by atoms with van der Waals surface area (Å²) in [7, 11) is -3.09. The second-order valence-corrected chi connectivity index (χ2v) is 10.8. The molecule has 4 rings (SSSR count). The van der Waals surface area contributed by atoms with Gasteiger partial charge in [0.25, 0.3) is 5.91 Å². The second-order valence-electron chi connectivity index (χ2n) is 7.42. The van der Waals surface area contributed by atoms with Gasteiger partial charge in [0.2, 0.25) is 0 Å². The number of sulfone groups is 1. The van der Waals surface area contributed by atoms with Crippen molar-refractivity contribution in [3.8, 4) is 0 Å².